The Morgan fingerprint density at radius 1 is 0.938 bits per heavy atom. The van der Waals surface area contributed by atoms with Crippen LogP contribution < -0.4 is 37.7 Å². The summed E-state index contributed by atoms with van der Waals surface area (Å²) in [5, 5.41) is 0. The molecule has 0 aromatic carbocycles. The van der Waals surface area contributed by atoms with Gasteiger partial charge in [0.05, 0.1) is 0 Å². The summed E-state index contributed by atoms with van der Waals surface area (Å²) in [5.41, 5.74) is 0.427. The van der Waals surface area contributed by atoms with E-state index in [1.807, 2.05) is 0 Å². The zero-order valence-corrected chi connectivity index (χ0v) is 15.9. The summed E-state index contributed by atoms with van der Waals surface area (Å²) >= 11 is -2.39. The van der Waals surface area contributed by atoms with Gasteiger partial charge in [0.15, 0.2) is 0 Å². The van der Waals surface area contributed by atoms with E-state index in [1.54, 1.807) is 0 Å². The Morgan fingerprint density at radius 3 is 1.44 bits per heavy atom. The van der Waals surface area contributed by atoms with Crippen molar-refractivity contribution in [3.05, 3.63) is 0 Å². The van der Waals surface area contributed by atoms with Gasteiger partial charge in [0.2, 0.25) is 0 Å². The maximum Gasteiger partial charge on any atom is 1.00 e. The summed E-state index contributed by atoms with van der Waals surface area (Å²) < 4.78 is 2.42. The Balaban J connectivity index is -0.000000563. The van der Waals surface area contributed by atoms with Crippen molar-refractivity contribution in [3.63, 3.8) is 0 Å². The molecule has 83 valence electrons. The molecule has 0 aliphatic carbocycles. The predicted octanol–water partition coefficient (Wildman–Crippen LogP) is -2.24. The minimum atomic E-state index is -2.39. The molecule has 1 fully saturated rings. The molecular formula is C9H18Cl2Li2NOZn. The van der Waals surface area contributed by atoms with Crippen LogP contribution in [0.4, 0.5) is 0 Å². The van der Waals surface area contributed by atoms with E-state index < -0.39 is 14.2 Å². The minimum absolute atomic E-state index is 0. The molecule has 0 spiro atoms. The summed E-state index contributed by atoms with van der Waals surface area (Å²) in [6.07, 6.45) is 3.74. The molecule has 0 aromatic rings. The van der Waals surface area contributed by atoms with Gasteiger partial charge in [0.1, 0.15) is 0 Å². The molecule has 1 aliphatic rings. The quantitative estimate of drug-likeness (QED) is 0.504. The molecule has 1 saturated heterocycles. The van der Waals surface area contributed by atoms with Crippen LogP contribution in [0, 0.1) is 0 Å². The molecular weight excluding hydrogens is 288 g/mol. The van der Waals surface area contributed by atoms with E-state index in [9.17, 15) is 0 Å². The molecule has 0 atom stereocenters. The maximum atomic E-state index is 6.23. The van der Waals surface area contributed by atoms with Crippen LogP contribution in [0.15, 0.2) is 0 Å². The van der Waals surface area contributed by atoms with E-state index in [1.165, 1.54) is 19.3 Å². The van der Waals surface area contributed by atoms with E-state index in [0.29, 0.717) is 0 Å². The Kier molecular flexibility index (Phi) is 12.4. The van der Waals surface area contributed by atoms with Gasteiger partial charge in [-0.1, -0.05) is 0 Å². The van der Waals surface area contributed by atoms with E-state index in [2.05, 4.69) is 31.3 Å². The van der Waals surface area contributed by atoms with Crippen molar-refractivity contribution in [2.75, 3.05) is 0 Å². The molecule has 0 bridgehead atoms. The Morgan fingerprint density at radius 2 is 1.25 bits per heavy atom. The minimum Gasteiger partial charge on any atom is -2.00 e. The third-order valence-electron chi connectivity index (χ3n) is 3.28. The van der Waals surface area contributed by atoms with E-state index in [4.69, 9.17) is 19.4 Å². The zero-order valence-electron chi connectivity index (χ0n) is 11.4. The van der Waals surface area contributed by atoms with Gasteiger partial charge in [-0.05, 0) is 0 Å². The first-order valence-electron chi connectivity index (χ1n) is 5.01. The second kappa shape index (κ2) is 8.48. The van der Waals surface area contributed by atoms with E-state index >= 15 is 0 Å². The average molecular weight is 306 g/mol. The first-order valence-corrected chi connectivity index (χ1v) is 14.1. The van der Waals surface area contributed by atoms with Gasteiger partial charge in [-0.3, -0.25) is 0 Å². The molecule has 0 radical (unpaired) electrons. The first kappa shape index (κ1) is 23.4. The third kappa shape index (κ3) is 5.53. The number of nitrogens with zero attached hydrogens (tertiary/aromatic N) is 1. The molecule has 2 nitrogen and oxygen atoms in total. The van der Waals surface area contributed by atoms with Crippen molar-refractivity contribution >= 4 is 19.4 Å². The number of rotatable bonds is 1. The van der Waals surface area contributed by atoms with Crippen LogP contribution in [0.3, 0.4) is 0 Å². The Bertz CT molecular complexity index is 190. The maximum absolute atomic E-state index is 6.23. The fourth-order valence-electron chi connectivity index (χ4n) is 2.69. The Labute approximate surface area is 137 Å². The summed E-state index contributed by atoms with van der Waals surface area (Å²) in [6.45, 7) is 9.06. The summed E-state index contributed by atoms with van der Waals surface area (Å²) in [5.74, 6) is 0. The van der Waals surface area contributed by atoms with Gasteiger partial charge in [0, 0.05) is 0 Å². The summed E-state index contributed by atoms with van der Waals surface area (Å²) in [4.78, 5) is 0. The van der Waals surface area contributed by atoms with Crippen molar-refractivity contribution in [2.24, 2.45) is 0 Å². The van der Waals surface area contributed by atoms with Crippen molar-refractivity contribution in [1.82, 2.24) is 3.64 Å². The van der Waals surface area contributed by atoms with Crippen LogP contribution in [-0.2, 0) is 19.7 Å². The van der Waals surface area contributed by atoms with Gasteiger partial charge in [0.25, 0.3) is 0 Å². The van der Waals surface area contributed by atoms with Crippen molar-refractivity contribution in [3.8, 4) is 0 Å². The molecule has 7 heteroatoms. The van der Waals surface area contributed by atoms with Crippen LogP contribution in [-0.4, -0.2) is 14.7 Å². The molecule has 0 saturated carbocycles. The van der Waals surface area contributed by atoms with Crippen LogP contribution >= 0.6 is 19.4 Å². The SMILES string of the molecule is CC1(C)CCCC(C)(C)[N]1[Zn]([Cl])[Cl].[Li+].[Li+].[O-2]. The molecule has 0 amide bonds. The van der Waals surface area contributed by atoms with Gasteiger partial charge in [-0.25, -0.2) is 0 Å². The number of hydrogen-bond donors (Lipinski definition) is 0. The van der Waals surface area contributed by atoms with Crippen LogP contribution in [0.2, 0.25) is 0 Å². The number of hydrogen-bond acceptors (Lipinski definition) is 1. The van der Waals surface area contributed by atoms with Crippen LogP contribution in [0.5, 0.6) is 0 Å². The van der Waals surface area contributed by atoms with Crippen LogP contribution in [0.25, 0.3) is 0 Å². The van der Waals surface area contributed by atoms with Gasteiger partial charge in [-0.2, -0.15) is 0 Å². The monoisotopic (exact) mass is 304 g/mol. The molecule has 16 heavy (non-hydrogen) atoms. The fourth-order valence-corrected chi connectivity index (χ4v) is 12.8. The Hall–Kier alpha value is 2.32. The second-order valence-electron chi connectivity index (χ2n) is 5.25. The largest absolute Gasteiger partial charge is 2.00 e. The van der Waals surface area contributed by atoms with E-state index in [0.717, 1.165) is 0 Å². The molecule has 0 N–H and O–H groups in total. The zero-order chi connectivity index (χ0) is 10.3. The second-order valence-corrected chi connectivity index (χ2v) is 14.7. The standard InChI is InChI=1S/C9H18N.2ClH.2Li.O.Zn/c1-8(2)6-5-7-9(3,4)10-8;;;;;;/h5-7H2,1-4H3;2*1H;;;;/q-1;;;2*+1;-2;+3/p-2. The third-order valence-corrected chi connectivity index (χ3v) is 10.4. The average Bonchev–Trinajstić information content (AvgIpc) is 1.79. The van der Waals surface area contributed by atoms with E-state index in [-0.39, 0.29) is 54.3 Å². The topological polar surface area (TPSA) is 31.7 Å². The number of halogens is 2. The van der Waals surface area contributed by atoms with Crippen molar-refractivity contribution in [1.29, 1.82) is 0 Å². The van der Waals surface area contributed by atoms with Crippen molar-refractivity contribution < 1.29 is 57.4 Å². The fraction of sp³-hybridized carbons (Fsp3) is 1.00. The van der Waals surface area contributed by atoms with Crippen molar-refractivity contribution in [2.45, 2.75) is 58.0 Å². The van der Waals surface area contributed by atoms with Gasteiger partial charge < -0.3 is 5.48 Å². The van der Waals surface area contributed by atoms with Crippen LogP contribution in [0.1, 0.15) is 47.0 Å². The molecule has 1 heterocycles. The smallest absolute Gasteiger partial charge is 1.00 e. The van der Waals surface area contributed by atoms with Gasteiger partial charge in [-0.15, -0.1) is 0 Å². The first-order chi connectivity index (χ1) is 5.77. The molecule has 0 unspecified atom stereocenters. The summed E-state index contributed by atoms with van der Waals surface area (Å²) in [7, 11) is 12.5. The normalized spacial score (nSPS) is 22.1. The molecule has 1 aliphatic heterocycles. The number of piperidine rings is 1. The summed E-state index contributed by atoms with van der Waals surface area (Å²) in [6, 6.07) is 0. The van der Waals surface area contributed by atoms with Gasteiger partial charge >= 0.3 is 133 Å². The molecule has 1 rings (SSSR count). The predicted molar refractivity (Wildman–Crippen MR) is 56.2 cm³/mol. The molecule has 0 aromatic heterocycles.